The van der Waals surface area contributed by atoms with Crippen LogP contribution in [0.4, 0.5) is 5.13 Å². The molecule has 0 aliphatic heterocycles. The summed E-state index contributed by atoms with van der Waals surface area (Å²) in [7, 11) is 1.61. The molecule has 0 radical (unpaired) electrons. The van der Waals surface area contributed by atoms with Gasteiger partial charge in [0.05, 0.1) is 23.0 Å². The van der Waals surface area contributed by atoms with Crippen molar-refractivity contribution in [1.29, 1.82) is 0 Å². The minimum atomic E-state index is -0.301. The number of para-hydroxylation sites is 1. The molecule has 0 spiro atoms. The Hall–Kier alpha value is -2.93. The maximum absolute atomic E-state index is 11.9. The molecule has 1 N–H and O–H groups in total. The van der Waals surface area contributed by atoms with Gasteiger partial charge in [0.25, 0.3) is 5.91 Å². The molecule has 6 nitrogen and oxygen atoms in total. The molecule has 3 rings (SSSR count). The van der Waals surface area contributed by atoms with E-state index in [0.717, 1.165) is 21.5 Å². The zero-order chi connectivity index (χ0) is 17.6. The number of rotatable bonds is 6. The molecule has 0 fully saturated rings. The van der Waals surface area contributed by atoms with Crippen molar-refractivity contribution in [3.63, 3.8) is 0 Å². The van der Waals surface area contributed by atoms with Crippen LogP contribution in [-0.4, -0.2) is 30.3 Å². The third-order valence-corrected chi connectivity index (χ3v) is 4.40. The van der Waals surface area contributed by atoms with Crippen LogP contribution in [0.3, 0.4) is 0 Å². The number of carbonyl (C=O) groups excluding carboxylic acids is 1. The van der Waals surface area contributed by atoms with Crippen LogP contribution in [0.15, 0.2) is 53.7 Å². The van der Waals surface area contributed by atoms with Crippen LogP contribution in [0.1, 0.15) is 12.5 Å². The lowest BCUT2D eigenvalue weighted by atomic mass is 10.1. The smallest absolute Gasteiger partial charge is 0.266 e. The number of aromatic nitrogens is 1. The van der Waals surface area contributed by atoms with E-state index in [1.165, 1.54) is 11.3 Å². The number of hydrogen-bond donors (Lipinski definition) is 1. The van der Waals surface area contributed by atoms with Gasteiger partial charge in [0.2, 0.25) is 0 Å². The fourth-order valence-corrected chi connectivity index (χ4v) is 3.04. The molecule has 0 aliphatic rings. The third-order valence-electron chi connectivity index (χ3n) is 3.45. The van der Waals surface area contributed by atoms with Gasteiger partial charge in [0, 0.05) is 0 Å². The van der Waals surface area contributed by atoms with E-state index >= 15 is 0 Å². The molecule has 0 unspecified atom stereocenters. The number of nitrogens with one attached hydrogen (secondary N) is 1. The van der Waals surface area contributed by atoms with Crippen molar-refractivity contribution in [3.05, 3.63) is 54.1 Å². The van der Waals surface area contributed by atoms with Crippen molar-refractivity contribution in [2.24, 2.45) is 5.16 Å². The lowest BCUT2D eigenvalue weighted by Crippen LogP contribution is -2.17. The second-order valence-corrected chi connectivity index (χ2v) is 6.24. The van der Waals surface area contributed by atoms with Crippen LogP contribution in [0.5, 0.6) is 5.75 Å². The fraction of sp³-hybridized carbons (Fsp3) is 0.167. The minimum Gasteiger partial charge on any atom is -0.497 e. The number of methoxy groups -OCH3 is 1. The van der Waals surface area contributed by atoms with Gasteiger partial charge < -0.3 is 9.57 Å². The number of carbonyl (C=O) groups is 1. The lowest BCUT2D eigenvalue weighted by Gasteiger charge is -2.04. The summed E-state index contributed by atoms with van der Waals surface area (Å²) in [6.45, 7) is 1.64. The first-order chi connectivity index (χ1) is 12.2. The van der Waals surface area contributed by atoms with Gasteiger partial charge in [-0.25, -0.2) is 4.98 Å². The average molecular weight is 355 g/mol. The van der Waals surface area contributed by atoms with E-state index in [2.05, 4.69) is 15.5 Å². The summed E-state index contributed by atoms with van der Waals surface area (Å²) in [5, 5.41) is 7.24. The number of thiazole rings is 1. The zero-order valence-electron chi connectivity index (χ0n) is 13.9. The van der Waals surface area contributed by atoms with Crippen molar-refractivity contribution in [2.75, 3.05) is 19.0 Å². The summed E-state index contributed by atoms with van der Waals surface area (Å²) < 4.78 is 6.13. The fourth-order valence-electron chi connectivity index (χ4n) is 2.15. The Bertz CT molecular complexity index is 870. The van der Waals surface area contributed by atoms with Crippen molar-refractivity contribution in [1.82, 2.24) is 4.98 Å². The number of amides is 1. The van der Waals surface area contributed by atoms with Crippen LogP contribution in [0, 0.1) is 0 Å². The molecule has 0 saturated heterocycles. The molecular weight excluding hydrogens is 338 g/mol. The number of fused-ring (bicyclic) bond motifs is 1. The number of nitrogens with zero attached hydrogens (tertiary/aromatic N) is 2. The average Bonchev–Trinajstić information content (AvgIpc) is 3.03. The maximum Gasteiger partial charge on any atom is 0.266 e. The Balaban J connectivity index is 1.54. The predicted octanol–water partition coefficient (Wildman–Crippen LogP) is 3.68. The Morgan fingerprint density at radius 1 is 1.20 bits per heavy atom. The molecular formula is C18H17N3O3S. The number of anilines is 1. The van der Waals surface area contributed by atoms with Crippen LogP contribution >= 0.6 is 11.3 Å². The van der Waals surface area contributed by atoms with Crippen molar-refractivity contribution < 1.29 is 14.4 Å². The summed E-state index contributed by atoms with van der Waals surface area (Å²) in [5.41, 5.74) is 2.43. The molecule has 7 heteroatoms. The van der Waals surface area contributed by atoms with Gasteiger partial charge in [-0.2, -0.15) is 0 Å². The number of oxime groups is 1. The van der Waals surface area contributed by atoms with E-state index in [4.69, 9.17) is 9.57 Å². The van der Waals surface area contributed by atoms with Crippen LogP contribution in [0.25, 0.3) is 10.2 Å². The van der Waals surface area contributed by atoms with E-state index in [1.807, 2.05) is 55.5 Å². The third kappa shape index (κ3) is 4.33. The van der Waals surface area contributed by atoms with Crippen molar-refractivity contribution >= 4 is 38.3 Å². The van der Waals surface area contributed by atoms with Crippen molar-refractivity contribution in [3.8, 4) is 5.75 Å². The second-order valence-electron chi connectivity index (χ2n) is 5.21. The van der Waals surface area contributed by atoms with Gasteiger partial charge >= 0.3 is 0 Å². The van der Waals surface area contributed by atoms with Gasteiger partial charge in [-0.1, -0.05) is 28.6 Å². The first-order valence-corrected chi connectivity index (χ1v) is 8.44. The molecule has 0 bridgehead atoms. The first-order valence-electron chi connectivity index (χ1n) is 7.62. The highest BCUT2D eigenvalue weighted by Gasteiger charge is 2.08. The second kappa shape index (κ2) is 7.76. The molecule has 0 aliphatic carbocycles. The first kappa shape index (κ1) is 16.9. The maximum atomic E-state index is 11.9. The summed E-state index contributed by atoms with van der Waals surface area (Å²) in [4.78, 5) is 21.4. The lowest BCUT2D eigenvalue weighted by molar-refractivity contribution is -0.120. The number of hydrogen-bond acceptors (Lipinski definition) is 6. The highest BCUT2D eigenvalue weighted by molar-refractivity contribution is 7.22. The van der Waals surface area contributed by atoms with Crippen LogP contribution in [0.2, 0.25) is 0 Å². The van der Waals surface area contributed by atoms with Crippen molar-refractivity contribution in [2.45, 2.75) is 6.92 Å². The highest BCUT2D eigenvalue weighted by atomic mass is 32.1. The van der Waals surface area contributed by atoms with E-state index in [-0.39, 0.29) is 12.5 Å². The summed E-state index contributed by atoms with van der Waals surface area (Å²) in [5.74, 6) is 0.470. The zero-order valence-corrected chi connectivity index (χ0v) is 14.7. The normalized spacial score (nSPS) is 11.4. The van der Waals surface area contributed by atoms with E-state index in [0.29, 0.717) is 10.8 Å². The Morgan fingerprint density at radius 3 is 2.68 bits per heavy atom. The monoisotopic (exact) mass is 355 g/mol. The summed E-state index contributed by atoms with van der Waals surface area (Å²) in [6.07, 6.45) is 0. The summed E-state index contributed by atoms with van der Waals surface area (Å²) >= 11 is 1.42. The SMILES string of the molecule is COc1ccc(/C(C)=N\OCC(=O)Nc2nc3ccccc3s2)cc1. The number of ether oxygens (including phenoxy) is 1. The molecule has 1 heterocycles. The molecule has 0 saturated carbocycles. The van der Waals surface area contributed by atoms with Gasteiger partial charge in [-0.15, -0.1) is 0 Å². The van der Waals surface area contributed by atoms with Crippen LogP contribution < -0.4 is 10.1 Å². The molecule has 0 atom stereocenters. The Kier molecular flexibility index (Phi) is 5.25. The quantitative estimate of drug-likeness (QED) is 0.541. The number of benzene rings is 2. The standard InChI is InChI=1S/C18H17N3O3S/c1-12(13-7-9-14(23-2)10-8-13)21-24-11-17(22)20-18-19-15-5-3-4-6-16(15)25-18/h3-10H,11H2,1-2H3,(H,19,20,22)/b21-12-. The van der Waals surface area contributed by atoms with Gasteiger partial charge in [0.1, 0.15) is 5.75 Å². The van der Waals surface area contributed by atoms with E-state index in [1.54, 1.807) is 7.11 Å². The Morgan fingerprint density at radius 2 is 1.96 bits per heavy atom. The van der Waals surface area contributed by atoms with Gasteiger partial charge in [0.15, 0.2) is 11.7 Å². The molecule has 128 valence electrons. The summed E-state index contributed by atoms with van der Waals surface area (Å²) in [6, 6.07) is 15.1. The molecule has 1 aromatic heterocycles. The topological polar surface area (TPSA) is 72.8 Å². The molecule has 3 aromatic rings. The molecule has 2 aromatic carbocycles. The van der Waals surface area contributed by atoms with E-state index in [9.17, 15) is 4.79 Å². The minimum absolute atomic E-state index is 0.177. The highest BCUT2D eigenvalue weighted by Crippen LogP contribution is 2.25. The van der Waals surface area contributed by atoms with E-state index < -0.39 is 0 Å². The molecule has 25 heavy (non-hydrogen) atoms. The molecule has 1 amide bonds. The van der Waals surface area contributed by atoms with Gasteiger partial charge in [-0.3, -0.25) is 10.1 Å². The van der Waals surface area contributed by atoms with Gasteiger partial charge in [-0.05, 0) is 48.9 Å². The predicted molar refractivity (Wildman–Crippen MR) is 99.4 cm³/mol. The van der Waals surface area contributed by atoms with Crippen LogP contribution in [-0.2, 0) is 9.63 Å². The Labute approximate surface area is 149 Å². The largest absolute Gasteiger partial charge is 0.497 e.